The highest BCUT2D eigenvalue weighted by molar-refractivity contribution is 7.89. The van der Waals surface area contributed by atoms with Gasteiger partial charge < -0.3 is 14.8 Å². The van der Waals surface area contributed by atoms with Crippen LogP contribution in [0.15, 0.2) is 77.7 Å². The Labute approximate surface area is 194 Å². The largest absolute Gasteiger partial charge is 0.489 e. The molecule has 0 aliphatic carbocycles. The Morgan fingerprint density at radius 3 is 2.45 bits per heavy atom. The maximum absolute atomic E-state index is 13.1. The van der Waals surface area contributed by atoms with Crippen LogP contribution in [0.25, 0.3) is 0 Å². The molecule has 1 fully saturated rings. The van der Waals surface area contributed by atoms with Gasteiger partial charge in [-0.2, -0.15) is 4.31 Å². The van der Waals surface area contributed by atoms with Gasteiger partial charge in [-0.15, -0.1) is 0 Å². The lowest BCUT2D eigenvalue weighted by atomic mass is 10.1. The van der Waals surface area contributed by atoms with Crippen molar-refractivity contribution in [3.63, 3.8) is 0 Å². The van der Waals surface area contributed by atoms with E-state index in [-0.39, 0.29) is 17.4 Å². The maximum Gasteiger partial charge on any atom is 0.256 e. The Bertz CT molecular complexity index is 1220. The summed E-state index contributed by atoms with van der Waals surface area (Å²) in [6, 6.07) is 21.4. The second-order valence-corrected chi connectivity index (χ2v) is 9.64. The monoisotopic (exact) mass is 466 g/mol. The van der Waals surface area contributed by atoms with Crippen molar-refractivity contribution in [2.24, 2.45) is 0 Å². The van der Waals surface area contributed by atoms with Gasteiger partial charge in [0.2, 0.25) is 10.0 Å². The molecule has 33 heavy (non-hydrogen) atoms. The van der Waals surface area contributed by atoms with Crippen LogP contribution in [0, 0.1) is 6.92 Å². The van der Waals surface area contributed by atoms with Crippen LogP contribution in [0.5, 0.6) is 5.75 Å². The number of hydrogen-bond donors (Lipinski definition) is 1. The van der Waals surface area contributed by atoms with Crippen molar-refractivity contribution in [1.29, 1.82) is 0 Å². The zero-order valence-corrected chi connectivity index (χ0v) is 19.2. The van der Waals surface area contributed by atoms with Crippen LogP contribution < -0.4 is 10.1 Å². The van der Waals surface area contributed by atoms with E-state index in [1.807, 2.05) is 49.4 Å². The number of nitrogens with one attached hydrogen (secondary N) is 1. The van der Waals surface area contributed by atoms with Crippen LogP contribution in [-0.4, -0.2) is 44.9 Å². The number of ether oxygens (including phenoxy) is 2. The van der Waals surface area contributed by atoms with Gasteiger partial charge >= 0.3 is 0 Å². The third kappa shape index (κ3) is 5.42. The van der Waals surface area contributed by atoms with Gasteiger partial charge in [-0.05, 0) is 42.8 Å². The summed E-state index contributed by atoms with van der Waals surface area (Å²) in [6.45, 7) is 3.43. The van der Waals surface area contributed by atoms with Crippen LogP contribution in [0.2, 0.25) is 0 Å². The summed E-state index contributed by atoms with van der Waals surface area (Å²) < 4.78 is 38.5. The lowest BCUT2D eigenvalue weighted by Gasteiger charge is -2.26. The summed E-state index contributed by atoms with van der Waals surface area (Å²) in [5.74, 6) is 0.385. The molecule has 3 aromatic rings. The van der Waals surface area contributed by atoms with Crippen molar-refractivity contribution in [3.8, 4) is 5.75 Å². The van der Waals surface area contributed by atoms with Crippen LogP contribution in [0.4, 0.5) is 5.69 Å². The van der Waals surface area contributed by atoms with Crippen LogP contribution in [-0.2, 0) is 21.4 Å². The molecule has 4 rings (SSSR count). The molecule has 0 saturated carbocycles. The molecule has 8 heteroatoms. The van der Waals surface area contributed by atoms with Gasteiger partial charge in [-0.3, -0.25) is 4.79 Å². The molecule has 0 aromatic heterocycles. The minimum absolute atomic E-state index is 0.144. The number of benzene rings is 3. The molecule has 1 heterocycles. The molecule has 0 radical (unpaired) electrons. The van der Waals surface area contributed by atoms with E-state index in [2.05, 4.69) is 5.32 Å². The Kier molecular flexibility index (Phi) is 7.08. The zero-order chi connectivity index (χ0) is 23.3. The normalized spacial score (nSPS) is 14.6. The predicted octanol–water partition coefficient (Wildman–Crippen LogP) is 3.85. The van der Waals surface area contributed by atoms with E-state index in [1.54, 1.807) is 24.3 Å². The number of anilines is 1. The fourth-order valence-electron chi connectivity index (χ4n) is 3.57. The standard InChI is InChI=1S/C25H26N2O5S/c1-19-11-12-22(33(29,30)27-13-15-31-16-14-27)17-24(19)26-25(28)23-10-6-5-7-20(23)18-32-21-8-3-2-4-9-21/h2-12,17H,13-16,18H2,1H3,(H,26,28). The van der Waals surface area contributed by atoms with Crippen molar-refractivity contribution in [2.45, 2.75) is 18.4 Å². The minimum atomic E-state index is -3.67. The van der Waals surface area contributed by atoms with Crippen molar-refractivity contribution in [2.75, 3.05) is 31.6 Å². The first-order valence-electron chi connectivity index (χ1n) is 10.7. The molecule has 0 unspecified atom stereocenters. The molecular formula is C25H26N2O5S. The number of amides is 1. The number of nitrogens with zero attached hydrogens (tertiary/aromatic N) is 1. The third-order valence-electron chi connectivity index (χ3n) is 5.46. The van der Waals surface area contributed by atoms with Crippen LogP contribution >= 0.6 is 0 Å². The fourth-order valence-corrected chi connectivity index (χ4v) is 5.00. The molecule has 3 aromatic carbocycles. The van der Waals surface area contributed by atoms with Gasteiger partial charge in [0, 0.05) is 29.9 Å². The summed E-state index contributed by atoms with van der Waals surface area (Å²) in [5.41, 5.74) is 2.42. The Morgan fingerprint density at radius 1 is 1.00 bits per heavy atom. The number of sulfonamides is 1. The third-order valence-corrected chi connectivity index (χ3v) is 7.36. The number of para-hydroxylation sites is 1. The summed E-state index contributed by atoms with van der Waals surface area (Å²) in [4.78, 5) is 13.3. The molecule has 1 aliphatic rings. The number of carbonyl (C=O) groups excluding carboxylic acids is 1. The molecule has 172 valence electrons. The molecule has 0 spiro atoms. The second kappa shape index (κ2) is 10.2. The number of rotatable bonds is 7. The summed E-state index contributed by atoms with van der Waals surface area (Å²) in [6.07, 6.45) is 0. The highest BCUT2D eigenvalue weighted by Gasteiger charge is 2.27. The molecule has 1 amide bonds. The Balaban J connectivity index is 1.54. The first kappa shape index (κ1) is 23.0. The first-order chi connectivity index (χ1) is 15.9. The van der Waals surface area contributed by atoms with E-state index in [0.717, 1.165) is 11.1 Å². The van der Waals surface area contributed by atoms with Crippen LogP contribution in [0.1, 0.15) is 21.5 Å². The predicted molar refractivity (Wildman–Crippen MR) is 126 cm³/mol. The fraction of sp³-hybridized carbons (Fsp3) is 0.240. The lowest BCUT2D eigenvalue weighted by molar-refractivity contribution is 0.0730. The topological polar surface area (TPSA) is 84.9 Å². The van der Waals surface area contributed by atoms with E-state index in [4.69, 9.17) is 9.47 Å². The number of hydrogen-bond acceptors (Lipinski definition) is 5. The molecule has 1 aliphatic heterocycles. The molecule has 0 atom stereocenters. The van der Waals surface area contributed by atoms with Crippen molar-refractivity contribution in [1.82, 2.24) is 4.31 Å². The quantitative estimate of drug-likeness (QED) is 0.572. The molecule has 1 saturated heterocycles. The first-order valence-corrected chi connectivity index (χ1v) is 12.1. The van der Waals surface area contributed by atoms with Gasteiger partial charge in [0.15, 0.2) is 0 Å². The molecular weight excluding hydrogens is 440 g/mol. The smallest absolute Gasteiger partial charge is 0.256 e. The van der Waals surface area contributed by atoms with Gasteiger partial charge in [-0.1, -0.05) is 42.5 Å². The second-order valence-electron chi connectivity index (χ2n) is 7.71. The van der Waals surface area contributed by atoms with Gasteiger partial charge in [0.25, 0.3) is 5.91 Å². The summed E-state index contributed by atoms with van der Waals surface area (Å²) >= 11 is 0. The SMILES string of the molecule is Cc1ccc(S(=O)(=O)N2CCOCC2)cc1NC(=O)c1ccccc1COc1ccccc1. The van der Waals surface area contributed by atoms with Crippen molar-refractivity contribution >= 4 is 21.6 Å². The molecule has 7 nitrogen and oxygen atoms in total. The average Bonchev–Trinajstić information content (AvgIpc) is 2.85. The van der Waals surface area contributed by atoms with Crippen molar-refractivity contribution < 1.29 is 22.7 Å². The number of carbonyl (C=O) groups is 1. The Hall–Kier alpha value is -3.20. The summed E-state index contributed by atoms with van der Waals surface area (Å²) in [7, 11) is -3.67. The summed E-state index contributed by atoms with van der Waals surface area (Å²) in [5, 5.41) is 2.88. The average molecular weight is 467 g/mol. The molecule has 0 bridgehead atoms. The number of aryl methyl sites for hydroxylation is 1. The maximum atomic E-state index is 13.1. The number of morpholine rings is 1. The van der Waals surface area contributed by atoms with E-state index in [9.17, 15) is 13.2 Å². The minimum Gasteiger partial charge on any atom is -0.489 e. The lowest BCUT2D eigenvalue weighted by Crippen LogP contribution is -2.40. The van der Waals surface area contributed by atoms with E-state index in [1.165, 1.54) is 10.4 Å². The Morgan fingerprint density at radius 2 is 1.70 bits per heavy atom. The van der Waals surface area contributed by atoms with Gasteiger partial charge in [0.1, 0.15) is 12.4 Å². The van der Waals surface area contributed by atoms with E-state index >= 15 is 0 Å². The highest BCUT2D eigenvalue weighted by atomic mass is 32.2. The van der Waals surface area contributed by atoms with Gasteiger partial charge in [-0.25, -0.2) is 8.42 Å². The van der Waals surface area contributed by atoms with Gasteiger partial charge in [0.05, 0.1) is 18.1 Å². The van der Waals surface area contributed by atoms with E-state index in [0.29, 0.717) is 43.3 Å². The van der Waals surface area contributed by atoms with Crippen LogP contribution in [0.3, 0.4) is 0 Å². The molecule has 1 N–H and O–H groups in total. The zero-order valence-electron chi connectivity index (χ0n) is 18.4. The highest BCUT2D eigenvalue weighted by Crippen LogP contribution is 2.25. The van der Waals surface area contributed by atoms with E-state index < -0.39 is 10.0 Å². The van der Waals surface area contributed by atoms with Crippen molar-refractivity contribution in [3.05, 3.63) is 89.5 Å².